The maximum absolute atomic E-state index is 13.6. The first-order valence-corrected chi connectivity index (χ1v) is 11.4. The van der Waals surface area contributed by atoms with E-state index in [0.717, 1.165) is 12.0 Å². The average Bonchev–Trinajstić information content (AvgIpc) is 3.16. The monoisotopic (exact) mass is 492 g/mol. The highest BCUT2D eigenvalue weighted by Gasteiger charge is 2.25. The minimum absolute atomic E-state index is 0.0941. The van der Waals surface area contributed by atoms with Gasteiger partial charge in [-0.2, -0.15) is 0 Å². The Morgan fingerprint density at radius 1 is 0.853 bits per heavy atom. The molecule has 0 atom stereocenters. The van der Waals surface area contributed by atoms with Gasteiger partial charge in [-0.15, -0.1) is 0 Å². The van der Waals surface area contributed by atoms with Crippen LogP contribution in [0.15, 0.2) is 66.9 Å². The second kappa shape index (κ2) is 8.63. The van der Waals surface area contributed by atoms with E-state index < -0.39 is 5.97 Å². The first kappa shape index (κ1) is 22.2. The maximum Gasteiger partial charge on any atom is 0.335 e. The molecule has 3 heterocycles. The van der Waals surface area contributed by atoms with Crippen molar-refractivity contribution < 1.29 is 19.5 Å². The zero-order valence-corrected chi connectivity index (χ0v) is 19.3. The van der Waals surface area contributed by atoms with Gasteiger partial charge in [-0.1, -0.05) is 41.4 Å². The Morgan fingerprint density at radius 2 is 1.50 bits per heavy atom. The molecule has 1 fully saturated rings. The van der Waals surface area contributed by atoms with Crippen molar-refractivity contribution in [3.8, 4) is 11.1 Å². The first-order valence-electron chi connectivity index (χ1n) is 10.6. The number of aromatic carboxylic acids is 1. The molecule has 1 aliphatic rings. The van der Waals surface area contributed by atoms with Crippen molar-refractivity contribution in [1.29, 1.82) is 0 Å². The molecule has 5 rings (SSSR count). The van der Waals surface area contributed by atoms with E-state index in [0.29, 0.717) is 35.4 Å². The summed E-state index contributed by atoms with van der Waals surface area (Å²) in [6.45, 7) is 1.43. The van der Waals surface area contributed by atoms with Gasteiger partial charge in [0.05, 0.1) is 37.9 Å². The van der Waals surface area contributed by atoms with Crippen LogP contribution in [0.5, 0.6) is 0 Å². The molecule has 0 spiro atoms. The highest BCUT2D eigenvalue weighted by atomic mass is 35.5. The van der Waals surface area contributed by atoms with Gasteiger partial charge in [0.25, 0.3) is 5.91 Å². The highest BCUT2D eigenvalue weighted by molar-refractivity contribution is 6.41. The summed E-state index contributed by atoms with van der Waals surface area (Å²) in [6.07, 6.45) is 2.63. The van der Waals surface area contributed by atoms with Gasteiger partial charge in [0.1, 0.15) is 0 Å². The fourth-order valence-corrected chi connectivity index (χ4v) is 4.64. The minimum Gasteiger partial charge on any atom is -0.478 e. The highest BCUT2D eigenvalue weighted by Crippen LogP contribution is 2.33. The van der Waals surface area contributed by atoms with Gasteiger partial charge in [-0.05, 0) is 54.4 Å². The summed E-state index contributed by atoms with van der Waals surface area (Å²) >= 11 is 12.6. The third kappa shape index (κ3) is 3.75. The van der Waals surface area contributed by atoms with E-state index in [9.17, 15) is 19.5 Å². The SMILES string of the molecule is O=C(O)c1ccc(-c2cc(C(=O)c3c(Cl)cccc3Cl)n3cc(C(=O)N4CCC4)ccc23)cc1. The molecule has 0 radical (unpaired) electrons. The summed E-state index contributed by atoms with van der Waals surface area (Å²) in [6, 6.07) is 16.5. The van der Waals surface area contributed by atoms with Crippen LogP contribution in [0.3, 0.4) is 0 Å². The van der Waals surface area contributed by atoms with E-state index in [2.05, 4.69) is 0 Å². The summed E-state index contributed by atoms with van der Waals surface area (Å²) in [4.78, 5) is 39.5. The van der Waals surface area contributed by atoms with Crippen molar-refractivity contribution in [3.05, 3.63) is 99.3 Å². The topological polar surface area (TPSA) is 79.1 Å². The van der Waals surface area contributed by atoms with E-state index in [4.69, 9.17) is 23.2 Å². The number of carboxylic acids is 1. The lowest BCUT2D eigenvalue weighted by Gasteiger charge is -2.30. The van der Waals surface area contributed by atoms with Crippen LogP contribution in [0.25, 0.3) is 16.6 Å². The third-order valence-corrected chi connectivity index (χ3v) is 6.65. The summed E-state index contributed by atoms with van der Waals surface area (Å²) < 4.78 is 1.68. The number of likely N-dealkylation sites (tertiary alicyclic amines) is 1. The molecule has 4 aromatic rings. The number of pyridine rings is 1. The molecule has 0 unspecified atom stereocenters. The van der Waals surface area contributed by atoms with Gasteiger partial charge in [0.2, 0.25) is 5.78 Å². The molecule has 1 saturated heterocycles. The number of fused-ring (bicyclic) bond motifs is 1. The van der Waals surface area contributed by atoms with Crippen LogP contribution >= 0.6 is 23.2 Å². The van der Waals surface area contributed by atoms with Crippen LogP contribution in [0.2, 0.25) is 10.0 Å². The smallest absolute Gasteiger partial charge is 0.335 e. The Hall–Kier alpha value is -3.61. The number of carbonyl (C=O) groups excluding carboxylic acids is 2. The molecule has 0 bridgehead atoms. The lowest BCUT2D eigenvalue weighted by Crippen LogP contribution is -2.42. The van der Waals surface area contributed by atoms with Crippen molar-refractivity contribution >= 4 is 46.4 Å². The predicted octanol–water partition coefficient (Wildman–Crippen LogP) is 5.69. The van der Waals surface area contributed by atoms with Gasteiger partial charge in [0.15, 0.2) is 0 Å². The molecular formula is C26H18Cl2N2O4. The quantitative estimate of drug-likeness (QED) is 0.363. The summed E-state index contributed by atoms with van der Waals surface area (Å²) in [7, 11) is 0. The van der Waals surface area contributed by atoms with E-state index in [-0.39, 0.29) is 32.9 Å². The van der Waals surface area contributed by atoms with Crippen LogP contribution in [0, 0.1) is 0 Å². The van der Waals surface area contributed by atoms with Gasteiger partial charge in [-0.3, -0.25) is 9.59 Å². The molecule has 34 heavy (non-hydrogen) atoms. The van der Waals surface area contributed by atoms with Gasteiger partial charge < -0.3 is 14.4 Å². The van der Waals surface area contributed by atoms with Crippen LogP contribution in [0.1, 0.15) is 43.2 Å². The zero-order valence-electron chi connectivity index (χ0n) is 17.8. The van der Waals surface area contributed by atoms with E-state index >= 15 is 0 Å². The Morgan fingerprint density at radius 3 is 2.09 bits per heavy atom. The zero-order chi connectivity index (χ0) is 24.0. The van der Waals surface area contributed by atoms with Crippen LogP contribution in [-0.2, 0) is 0 Å². The normalized spacial score (nSPS) is 13.1. The number of hydrogen-bond donors (Lipinski definition) is 1. The van der Waals surface area contributed by atoms with Crippen LogP contribution in [0.4, 0.5) is 0 Å². The Bertz CT molecular complexity index is 1450. The lowest BCUT2D eigenvalue weighted by atomic mass is 10.0. The average molecular weight is 493 g/mol. The number of halogens is 2. The Kier molecular flexibility index (Phi) is 5.63. The number of nitrogens with zero attached hydrogens (tertiary/aromatic N) is 2. The Labute approximate surface area is 204 Å². The van der Waals surface area contributed by atoms with Crippen molar-refractivity contribution in [2.24, 2.45) is 0 Å². The molecule has 2 aromatic carbocycles. The molecule has 0 aliphatic carbocycles. The van der Waals surface area contributed by atoms with Gasteiger partial charge in [-0.25, -0.2) is 4.79 Å². The fraction of sp³-hybridized carbons (Fsp3) is 0.115. The number of ketones is 1. The number of hydrogen-bond acceptors (Lipinski definition) is 3. The predicted molar refractivity (Wildman–Crippen MR) is 130 cm³/mol. The number of amides is 1. The standard InChI is InChI=1S/C26H18Cl2N2O4/c27-19-3-1-4-20(28)23(19)24(31)22-13-18(15-5-7-16(8-6-15)26(33)34)21-10-9-17(14-30(21)22)25(32)29-11-2-12-29/h1,3-10,13-14H,2,11-12H2,(H,33,34). The van der Waals surface area contributed by atoms with Crippen molar-refractivity contribution in [3.63, 3.8) is 0 Å². The summed E-state index contributed by atoms with van der Waals surface area (Å²) in [5.74, 6) is -1.50. The molecule has 1 N–H and O–H groups in total. The molecule has 170 valence electrons. The van der Waals surface area contributed by atoms with Crippen molar-refractivity contribution in [1.82, 2.24) is 9.30 Å². The molecule has 8 heteroatoms. The summed E-state index contributed by atoms with van der Waals surface area (Å²) in [5.41, 5.74) is 3.23. The summed E-state index contributed by atoms with van der Waals surface area (Å²) in [5, 5.41) is 9.67. The molecule has 1 amide bonds. The van der Waals surface area contributed by atoms with Gasteiger partial charge >= 0.3 is 5.97 Å². The van der Waals surface area contributed by atoms with Crippen molar-refractivity contribution in [2.75, 3.05) is 13.1 Å². The molecule has 6 nitrogen and oxygen atoms in total. The molecule has 0 saturated carbocycles. The molecule has 1 aliphatic heterocycles. The number of carbonyl (C=O) groups is 3. The number of benzene rings is 2. The van der Waals surface area contributed by atoms with Crippen LogP contribution < -0.4 is 0 Å². The van der Waals surface area contributed by atoms with E-state index in [1.165, 1.54) is 12.1 Å². The van der Waals surface area contributed by atoms with Crippen LogP contribution in [-0.4, -0.2) is 45.2 Å². The van der Waals surface area contributed by atoms with E-state index in [1.807, 2.05) is 0 Å². The molecule has 2 aromatic heterocycles. The fourth-order valence-electron chi connectivity index (χ4n) is 4.07. The third-order valence-electron chi connectivity index (χ3n) is 6.02. The van der Waals surface area contributed by atoms with Crippen molar-refractivity contribution in [2.45, 2.75) is 6.42 Å². The lowest BCUT2D eigenvalue weighted by molar-refractivity contribution is 0.0649. The second-order valence-corrected chi connectivity index (χ2v) is 8.88. The number of carboxylic acid groups (broad SMARTS) is 1. The maximum atomic E-state index is 13.6. The largest absolute Gasteiger partial charge is 0.478 e. The first-order chi connectivity index (χ1) is 16.3. The Balaban J connectivity index is 1.70. The number of aromatic nitrogens is 1. The minimum atomic E-state index is -1.02. The number of rotatable bonds is 5. The molecular weight excluding hydrogens is 475 g/mol. The van der Waals surface area contributed by atoms with E-state index in [1.54, 1.807) is 64.0 Å². The second-order valence-electron chi connectivity index (χ2n) is 8.07. The van der Waals surface area contributed by atoms with Gasteiger partial charge in [0, 0.05) is 24.8 Å².